The maximum absolute atomic E-state index is 10.9. The number of aliphatic hydroxyl groups excluding tert-OH is 1. The first-order chi connectivity index (χ1) is 11.1. The van der Waals surface area contributed by atoms with E-state index in [2.05, 4.69) is 30.9 Å². The van der Waals surface area contributed by atoms with E-state index >= 15 is 0 Å². The number of fused-ring (bicyclic) bond motifs is 1. The van der Waals surface area contributed by atoms with Crippen LogP contribution >= 0.6 is 0 Å². The molecule has 1 unspecified atom stereocenters. The van der Waals surface area contributed by atoms with E-state index in [0.717, 1.165) is 11.1 Å². The lowest BCUT2D eigenvalue weighted by Gasteiger charge is -2.38. The molecule has 0 aromatic heterocycles. The Kier molecular flexibility index (Phi) is 4.39. The first-order valence-corrected chi connectivity index (χ1v) is 7.79. The van der Waals surface area contributed by atoms with Gasteiger partial charge in [-0.1, -0.05) is 42.5 Å². The molecule has 0 fully saturated rings. The highest BCUT2D eigenvalue weighted by Crippen LogP contribution is 2.44. The van der Waals surface area contributed by atoms with Crippen LogP contribution in [0.1, 0.15) is 36.8 Å². The van der Waals surface area contributed by atoms with Crippen molar-refractivity contribution in [2.24, 2.45) is 0 Å². The van der Waals surface area contributed by atoms with Crippen molar-refractivity contribution in [3.63, 3.8) is 0 Å². The van der Waals surface area contributed by atoms with Crippen molar-refractivity contribution in [2.45, 2.75) is 32.2 Å². The van der Waals surface area contributed by atoms with Crippen LogP contribution in [-0.4, -0.2) is 23.9 Å². The first kappa shape index (κ1) is 16.0. The van der Waals surface area contributed by atoms with Crippen LogP contribution < -0.4 is 4.74 Å². The van der Waals surface area contributed by atoms with Crippen molar-refractivity contribution >= 4 is 0 Å². The van der Waals surface area contributed by atoms with E-state index in [9.17, 15) is 5.11 Å². The van der Waals surface area contributed by atoms with E-state index in [1.54, 1.807) is 7.11 Å². The maximum Gasteiger partial charge on any atom is 0.188 e. The molecule has 1 aliphatic heterocycles. The zero-order chi connectivity index (χ0) is 16.4. The molecule has 0 saturated carbocycles. The second-order valence-corrected chi connectivity index (χ2v) is 6.31. The molecule has 23 heavy (non-hydrogen) atoms. The van der Waals surface area contributed by atoms with Crippen LogP contribution in [0.4, 0.5) is 0 Å². The molecule has 2 aromatic carbocycles. The largest absolute Gasteiger partial charge is 0.467 e. The van der Waals surface area contributed by atoms with Gasteiger partial charge >= 0.3 is 0 Å². The molecule has 0 spiro atoms. The lowest BCUT2D eigenvalue weighted by Crippen LogP contribution is -2.40. The molecular weight excluding hydrogens is 290 g/mol. The molecule has 1 N–H and O–H groups in total. The predicted octanol–water partition coefficient (Wildman–Crippen LogP) is 3.41. The summed E-state index contributed by atoms with van der Waals surface area (Å²) in [5.41, 5.74) is 2.81. The topological polar surface area (TPSA) is 41.9 Å². The van der Waals surface area contributed by atoms with Gasteiger partial charge in [0.05, 0.1) is 0 Å². The Balaban J connectivity index is 1.93. The van der Waals surface area contributed by atoms with Crippen molar-refractivity contribution in [3.8, 4) is 5.75 Å². The van der Waals surface area contributed by atoms with Gasteiger partial charge in [0.15, 0.2) is 6.79 Å². The van der Waals surface area contributed by atoms with Gasteiger partial charge in [-0.05, 0) is 31.0 Å². The van der Waals surface area contributed by atoms with Crippen LogP contribution in [0.25, 0.3) is 0 Å². The predicted molar refractivity (Wildman–Crippen MR) is 88.9 cm³/mol. The average Bonchev–Trinajstić information content (AvgIpc) is 2.92. The third-order valence-electron chi connectivity index (χ3n) is 4.58. The monoisotopic (exact) mass is 313 g/mol. The smallest absolute Gasteiger partial charge is 0.188 e. The number of ether oxygens (including phenoxy) is 2. The summed E-state index contributed by atoms with van der Waals surface area (Å²) in [5, 5.41) is 10.9. The summed E-state index contributed by atoms with van der Waals surface area (Å²) >= 11 is 0. The normalized spacial score (nSPS) is 18.0. The molecule has 0 radical (unpaired) electrons. The van der Waals surface area contributed by atoms with Gasteiger partial charge in [-0.3, -0.25) is 4.90 Å². The Bertz CT molecular complexity index is 670. The molecule has 4 nitrogen and oxygen atoms in total. The Hall–Kier alpha value is -1.88. The van der Waals surface area contributed by atoms with E-state index in [4.69, 9.17) is 9.47 Å². The fourth-order valence-electron chi connectivity index (χ4n) is 3.21. The van der Waals surface area contributed by atoms with Crippen molar-refractivity contribution in [2.75, 3.05) is 13.9 Å². The van der Waals surface area contributed by atoms with Crippen LogP contribution in [0.3, 0.4) is 0 Å². The maximum atomic E-state index is 10.9. The van der Waals surface area contributed by atoms with Crippen LogP contribution in [0.15, 0.2) is 48.5 Å². The number of hydrogen-bond donors (Lipinski definition) is 1. The zero-order valence-electron chi connectivity index (χ0n) is 13.8. The van der Waals surface area contributed by atoms with Gasteiger partial charge in [0.25, 0.3) is 0 Å². The summed E-state index contributed by atoms with van der Waals surface area (Å²) in [6.45, 7) is 5.12. The summed E-state index contributed by atoms with van der Waals surface area (Å²) in [7, 11) is 1.59. The fourth-order valence-corrected chi connectivity index (χ4v) is 3.21. The molecular formula is C19H23NO3. The number of aliphatic hydroxyl groups is 1. The fraction of sp³-hybridized carbons (Fsp3) is 0.368. The van der Waals surface area contributed by atoms with Crippen LogP contribution in [0.5, 0.6) is 5.75 Å². The Morgan fingerprint density at radius 2 is 1.87 bits per heavy atom. The van der Waals surface area contributed by atoms with Gasteiger partial charge in [-0.25, -0.2) is 0 Å². The number of benzene rings is 2. The molecule has 0 aliphatic carbocycles. The molecule has 2 aromatic rings. The Morgan fingerprint density at radius 3 is 2.57 bits per heavy atom. The number of methoxy groups -OCH3 is 1. The minimum absolute atomic E-state index is 0.172. The third kappa shape index (κ3) is 2.85. The van der Waals surface area contributed by atoms with E-state index in [-0.39, 0.29) is 12.3 Å². The molecule has 122 valence electrons. The standard InChI is InChI=1S/C19H23NO3/c1-19(2,15-9-5-4-6-10-15)20-12-14-8-7-11-16(23-13-22-3)17(14)18(20)21/h4-11,18,21H,12-13H2,1-3H3. The van der Waals surface area contributed by atoms with E-state index in [1.807, 2.05) is 36.4 Å². The van der Waals surface area contributed by atoms with E-state index in [1.165, 1.54) is 5.56 Å². The van der Waals surface area contributed by atoms with Crippen molar-refractivity contribution < 1.29 is 14.6 Å². The van der Waals surface area contributed by atoms with Crippen molar-refractivity contribution in [1.29, 1.82) is 0 Å². The van der Waals surface area contributed by atoms with Crippen LogP contribution in [-0.2, 0) is 16.8 Å². The number of hydrogen-bond acceptors (Lipinski definition) is 4. The lowest BCUT2D eigenvalue weighted by molar-refractivity contribution is -0.0551. The number of rotatable bonds is 5. The summed E-state index contributed by atoms with van der Waals surface area (Å²) in [6, 6.07) is 16.1. The Labute approximate surface area is 137 Å². The van der Waals surface area contributed by atoms with Gasteiger partial charge in [0, 0.05) is 24.8 Å². The highest BCUT2D eigenvalue weighted by atomic mass is 16.7. The summed E-state index contributed by atoms with van der Waals surface area (Å²) in [6.07, 6.45) is -0.701. The van der Waals surface area contributed by atoms with Crippen molar-refractivity contribution in [3.05, 3.63) is 65.2 Å². The lowest BCUT2D eigenvalue weighted by atomic mass is 9.92. The summed E-state index contributed by atoms with van der Waals surface area (Å²) < 4.78 is 10.6. The molecule has 1 atom stereocenters. The third-order valence-corrected chi connectivity index (χ3v) is 4.58. The molecule has 0 amide bonds. The zero-order valence-corrected chi connectivity index (χ0v) is 13.8. The SMILES string of the molecule is COCOc1cccc2c1C(O)N(C(C)(C)c1ccccc1)C2. The van der Waals surface area contributed by atoms with Crippen LogP contribution in [0.2, 0.25) is 0 Å². The highest BCUT2D eigenvalue weighted by Gasteiger charge is 2.40. The minimum atomic E-state index is -0.701. The van der Waals surface area contributed by atoms with Gasteiger partial charge in [0.2, 0.25) is 0 Å². The molecule has 0 saturated heterocycles. The van der Waals surface area contributed by atoms with Crippen LogP contribution in [0, 0.1) is 0 Å². The van der Waals surface area contributed by atoms with Crippen molar-refractivity contribution in [1.82, 2.24) is 4.90 Å². The number of nitrogens with zero attached hydrogens (tertiary/aromatic N) is 1. The van der Waals surface area contributed by atoms with Gasteiger partial charge in [-0.2, -0.15) is 0 Å². The van der Waals surface area contributed by atoms with Gasteiger partial charge in [-0.15, -0.1) is 0 Å². The molecule has 1 heterocycles. The molecule has 0 bridgehead atoms. The average molecular weight is 313 g/mol. The second-order valence-electron chi connectivity index (χ2n) is 6.31. The Morgan fingerprint density at radius 1 is 1.13 bits per heavy atom. The van der Waals surface area contributed by atoms with Gasteiger partial charge in [0.1, 0.15) is 12.0 Å². The van der Waals surface area contributed by atoms with Gasteiger partial charge < -0.3 is 14.6 Å². The second kappa shape index (κ2) is 6.32. The van der Waals surface area contributed by atoms with E-state index < -0.39 is 6.23 Å². The summed E-state index contributed by atoms with van der Waals surface area (Å²) in [5.74, 6) is 0.684. The highest BCUT2D eigenvalue weighted by molar-refractivity contribution is 5.45. The molecule has 1 aliphatic rings. The minimum Gasteiger partial charge on any atom is -0.467 e. The molecule has 4 heteroatoms. The first-order valence-electron chi connectivity index (χ1n) is 7.79. The quantitative estimate of drug-likeness (QED) is 0.859. The molecule has 3 rings (SSSR count). The van der Waals surface area contributed by atoms with E-state index in [0.29, 0.717) is 12.3 Å². The summed E-state index contributed by atoms with van der Waals surface area (Å²) in [4.78, 5) is 2.09.